The highest BCUT2D eigenvalue weighted by atomic mass is 16.5. The van der Waals surface area contributed by atoms with E-state index in [-0.39, 0.29) is 5.41 Å². The zero-order valence-corrected chi connectivity index (χ0v) is 10.7. The number of hydrogen-bond donors (Lipinski definition) is 0. The maximum absolute atomic E-state index is 5.41. The Morgan fingerprint density at radius 1 is 1.13 bits per heavy atom. The molecule has 1 aliphatic carbocycles. The van der Waals surface area contributed by atoms with Gasteiger partial charge in [-0.3, -0.25) is 0 Å². The molecule has 15 heavy (non-hydrogen) atoms. The molecular weight excluding hydrogens is 188 g/mol. The standard InChI is InChI=1S/C13H26O2/c1-11(2)7-13(9-14-3,10-15-4)8-12-5-6-12/h11-12H,5-10H2,1-4H3. The fourth-order valence-corrected chi connectivity index (χ4v) is 2.77. The van der Waals surface area contributed by atoms with Gasteiger partial charge in [0.05, 0.1) is 13.2 Å². The number of hydrogen-bond acceptors (Lipinski definition) is 2. The van der Waals surface area contributed by atoms with Crippen LogP contribution in [0.25, 0.3) is 0 Å². The van der Waals surface area contributed by atoms with E-state index in [9.17, 15) is 0 Å². The molecule has 0 amide bonds. The predicted octanol–water partition coefficient (Wildman–Crippen LogP) is 3.11. The van der Waals surface area contributed by atoms with E-state index in [0.717, 1.165) is 19.1 Å². The molecule has 0 atom stereocenters. The second-order valence-electron chi connectivity index (χ2n) is 5.61. The smallest absolute Gasteiger partial charge is 0.0540 e. The molecule has 0 bridgehead atoms. The van der Waals surface area contributed by atoms with Crippen LogP contribution in [0.4, 0.5) is 0 Å². The molecule has 0 aromatic carbocycles. The highest BCUT2D eigenvalue weighted by Crippen LogP contribution is 2.43. The Morgan fingerprint density at radius 3 is 2.00 bits per heavy atom. The first-order chi connectivity index (χ1) is 7.12. The quantitative estimate of drug-likeness (QED) is 0.618. The summed E-state index contributed by atoms with van der Waals surface area (Å²) in [5, 5.41) is 0. The molecule has 2 nitrogen and oxygen atoms in total. The minimum absolute atomic E-state index is 0.263. The SMILES string of the molecule is COCC(COC)(CC(C)C)CC1CC1. The van der Waals surface area contributed by atoms with E-state index in [4.69, 9.17) is 9.47 Å². The molecule has 90 valence electrons. The molecular formula is C13H26O2. The molecule has 0 aliphatic heterocycles. The van der Waals surface area contributed by atoms with Crippen molar-refractivity contribution < 1.29 is 9.47 Å². The lowest BCUT2D eigenvalue weighted by Gasteiger charge is -2.34. The van der Waals surface area contributed by atoms with Crippen molar-refractivity contribution in [1.82, 2.24) is 0 Å². The fourth-order valence-electron chi connectivity index (χ4n) is 2.77. The van der Waals surface area contributed by atoms with Crippen molar-refractivity contribution in [3.05, 3.63) is 0 Å². The summed E-state index contributed by atoms with van der Waals surface area (Å²) < 4.78 is 10.8. The van der Waals surface area contributed by atoms with Crippen molar-refractivity contribution in [1.29, 1.82) is 0 Å². The largest absolute Gasteiger partial charge is 0.384 e. The van der Waals surface area contributed by atoms with Crippen LogP contribution in [0.15, 0.2) is 0 Å². The first-order valence-electron chi connectivity index (χ1n) is 6.10. The molecule has 2 heteroatoms. The lowest BCUT2D eigenvalue weighted by Crippen LogP contribution is -2.34. The monoisotopic (exact) mass is 214 g/mol. The third kappa shape index (κ3) is 4.52. The van der Waals surface area contributed by atoms with Gasteiger partial charge in [0.15, 0.2) is 0 Å². The van der Waals surface area contributed by atoms with Crippen molar-refractivity contribution in [2.75, 3.05) is 27.4 Å². The number of methoxy groups -OCH3 is 2. The molecule has 0 radical (unpaired) electrons. The van der Waals surface area contributed by atoms with Gasteiger partial charge in [-0.15, -0.1) is 0 Å². The van der Waals surface area contributed by atoms with Crippen LogP contribution in [0.3, 0.4) is 0 Å². The zero-order chi connectivity index (χ0) is 11.3. The summed E-state index contributed by atoms with van der Waals surface area (Å²) in [5.74, 6) is 1.66. The highest BCUT2D eigenvalue weighted by molar-refractivity contribution is 4.87. The van der Waals surface area contributed by atoms with Crippen molar-refractivity contribution in [2.24, 2.45) is 17.3 Å². The first-order valence-corrected chi connectivity index (χ1v) is 6.10. The van der Waals surface area contributed by atoms with Gasteiger partial charge in [-0.1, -0.05) is 26.7 Å². The van der Waals surface area contributed by atoms with Gasteiger partial charge >= 0.3 is 0 Å². The summed E-state index contributed by atoms with van der Waals surface area (Å²) in [6, 6.07) is 0. The van der Waals surface area contributed by atoms with Gasteiger partial charge in [-0.05, 0) is 24.7 Å². The summed E-state index contributed by atoms with van der Waals surface area (Å²) >= 11 is 0. The maximum Gasteiger partial charge on any atom is 0.0540 e. The lowest BCUT2D eigenvalue weighted by molar-refractivity contribution is -0.0124. The summed E-state index contributed by atoms with van der Waals surface area (Å²) in [7, 11) is 3.61. The molecule has 1 saturated carbocycles. The third-order valence-electron chi connectivity index (χ3n) is 3.16. The number of ether oxygens (including phenoxy) is 2. The zero-order valence-electron chi connectivity index (χ0n) is 10.7. The van der Waals surface area contributed by atoms with Crippen molar-refractivity contribution in [3.8, 4) is 0 Å². The van der Waals surface area contributed by atoms with Gasteiger partial charge < -0.3 is 9.47 Å². The van der Waals surface area contributed by atoms with Gasteiger partial charge in [0, 0.05) is 19.6 Å². The lowest BCUT2D eigenvalue weighted by atomic mass is 9.77. The minimum atomic E-state index is 0.263. The Bertz CT molecular complexity index is 161. The predicted molar refractivity (Wildman–Crippen MR) is 63.0 cm³/mol. The molecule has 1 aliphatic rings. The summed E-state index contributed by atoms with van der Waals surface area (Å²) in [6.07, 6.45) is 5.32. The molecule has 0 spiro atoms. The average molecular weight is 214 g/mol. The number of rotatable bonds is 8. The molecule has 0 unspecified atom stereocenters. The van der Waals surface area contributed by atoms with E-state index in [0.29, 0.717) is 5.92 Å². The van der Waals surface area contributed by atoms with Gasteiger partial charge in [-0.25, -0.2) is 0 Å². The minimum Gasteiger partial charge on any atom is -0.384 e. The highest BCUT2D eigenvalue weighted by Gasteiger charge is 2.37. The molecule has 1 rings (SSSR count). The Balaban J connectivity index is 2.57. The summed E-state index contributed by atoms with van der Waals surface area (Å²) in [4.78, 5) is 0. The molecule has 0 aromatic heterocycles. The molecule has 1 fully saturated rings. The van der Waals surface area contributed by atoms with Crippen LogP contribution in [0.2, 0.25) is 0 Å². The molecule has 0 N–H and O–H groups in total. The molecule has 0 aromatic rings. The van der Waals surface area contributed by atoms with Crippen LogP contribution in [-0.2, 0) is 9.47 Å². The van der Waals surface area contributed by atoms with Crippen molar-refractivity contribution >= 4 is 0 Å². The van der Waals surface area contributed by atoms with E-state index in [1.807, 2.05) is 0 Å². The van der Waals surface area contributed by atoms with Crippen LogP contribution >= 0.6 is 0 Å². The Hall–Kier alpha value is -0.0800. The van der Waals surface area contributed by atoms with Gasteiger partial charge in [-0.2, -0.15) is 0 Å². The van der Waals surface area contributed by atoms with Crippen LogP contribution in [0.1, 0.15) is 39.5 Å². The van der Waals surface area contributed by atoms with E-state index in [1.54, 1.807) is 14.2 Å². The normalized spacial score (nSPS) is 17.4. The molecule has 0 heterocycles. The van der Waals surface area contributed by atoms with Crippen LogP contribution in [-0.4, -0.2) is 27.4 Å². The van der Waals surface area contributed by atoms with Gasteiger partial charge in [0.25, 0.3) is 0 Å². The second kappa shape index (κ2) is 5.86. The first kappa shape index (κ1) is 13.0. The molecule has 0 saturated heterocycles. The maximum atomic E-state index is 5.41. The van der Waals surface area contributed by atoms with Gasteiger partial charge in [0.2, 0.25) is 0 Å². The van der Waals surface area contributed by atoms with Crippen LogP contribution in [0.5, 0.6) is 0 Å². The Kier molecular flexibility index (Phi) is 5.07. The van der Waals surface area contributed by atoms with Crippen LogP contribution < -0.4 is 0 Å². The van der Waals surface area contributed by atoms with E-state index >= 15 is 0 Å². The third-order valence-corrected chi connectivity index (χ3v) is 3.16. The Morgan fingerprint density at radius 2 is 1.67 bits per heavy atom. The summed E-state index contributed by atoms with van der Waals surface area (Å²) in [5.41, 5.74) is 0.263. The van der Waals surface area contributed by atoms with Gasteiger partial charge in [0.1, 0.15) is 0 Å². The fraction of sp³-hybridized carbons (Fsp3) is 1.00. The van der Waals surface area contributed by atoms with E-state index in [2.05, 4.69) is 13.8 Å². The van der Waals surface area contributed by atoms with E-state index in [1.165, 1.54) is 25.7 Å². The summed E-state index contributed by atoms with van der Waals surface area (Å²) in [6.45, 7) is 6.25. The second-order valence-corrected chi connectivity index (χ2v) is 5.61. The average Bonchev–Trinajstić information content (AvgIpc) is 2.87. The van der Waals surface area contributed by atoms with E-state index < -0.39 is 0 Å². The topological polar surface area (TPSA) is 18.5 Å². The Labute approximate surface area is 94.3 Å². The van der Waals surface area contributed by atoms with Crippen LogP contribution in [0, 0.1) is 17.3 Å². The van der Waals surface area contributed by atoms with Crippen molar-refractivity contribution in [2.45, 2.75) is 39.5 Å². The van der Waals surface area contributed by atoms with Crippen molar-refractivity contribution in [3.63, 3.8) is 0 Å².